The van der Waals surface area contributed by atoms with Crippen molar-refractivity contribution in [2.45, 2.75) is 19.9 Å². The Morgan fingerprint density at radius 1 is 1.15 bits per heavy atom. The summed E-state index contributed by atoms with van der Waals surface area (Å²) in [5.41, 5.74) is 5.04. The fraction of sp³-hybridized carbons (Fsp3) is 0.261. The highest BCUT2D eigenvalue weighted by atomic mass is 16.6. The zero-order chi connectivity index (χ0) is 25.0. The molecule has 0 radical (unpaired) electrons. The molecule has 0 fully saturated rings. The second-order valence-electron chi connectivity index (χ2n) is 7.44. The lowest BCUT2D eigenvalue weighted by Crippen LogP contribution is -2.43. The largest absolute Gasteiger partial charge is 0.497 e. The summed E-state index contributed by atoms with van der Waals surface area (Å²) in [6, 6.07) is 10.7. The Morgan fingerprint density at radius 2 is 1.82 bits per heavy atom. The number of ketones is 1. The number of hydrogen-bond acceptors (Lipinski definition) is 8. The lowest BCUT2D eigenvalue weighted by atomic mass is 10.0. The number of nitrogen functional groups attached to an aromatic ring is 1. The van der Waals surface area contributed by atoms with Gasteiger partial charge in [0.2, 0.25) is 5.78 Å². The van der Waals surface area contributed by atoms with Crippen molar-refractivity contribution in [1.82, 2.24) is 9.13 Å². The molecule has 0 spiro atoms. The molecule has 0 atom stereocenters. The lowest BCUT2D eigenvalue weighted by Gasteiger charge is -2.15. The van der Waals surface area contributed by atoms with Crippen molar-refractivity contribution in [2.24, 2.45) is 7.05 Å². The summed E-state index contributed by atoms with van der Waals surface area (Å²) in [5, 5.41) is 11.3. The molecule has 0 aliphatic carbocycles. The minimum Gasteiger partial charge on any atom is -0.497 e. The molecule has 0 aliphatic heterocycles. The third kappa shape index (κ3) is 4.68. The van der Waals surface area contributed by atoms with Gasteiger partial charge in [-0.15, -0.1) is 0 Å². The summed E-state index contributed by atoms with van der Waals surface area (Å²) < 4.78 is 12.8. The van der Waals surface area contributed by atoms with Crippen molar-refractivity contribution < 1.29 is 19.2 Å². The predicted octanol–water partition coefficient (Wildman–Crippen LogP) is 2.38. The van der Waals surface area contributed by atoms with Crippen molar-refractivity contribution in [3.05, 3.63) is 79.0 Å². The highest BCUT2D eigenvalue weighted by Crippen LogP contribution is 2.34. The van der Waals surface area contributed by atoms with Gasteiger partial charge in [-0.1, -0.05) is 19.1 Å². The fourth-order valence-electron chi connectivity index (χ4n) is 3.45. The Morgan fingerprint density at radius 3 is 2.41 bits per heavy atom. The second-order valence-corrected chi connectivity index (χ2v) is 7.44. The van der Waals surface area contributed by atoms with Crippen molar-refractivity contribution in [1.29, 1.82) is 0 Å². The molecule has 2 aromatic carbocycles. The van der Waals surface area contributed by atoms with Crippen LogP contribution in [0.25, 0.3) is 11.1 Å². The number of anilines is 1. The Hall–Kier alpha value is -4.41. The molecule has 0 aliphatic rings. The number of non-ortho nitro benzene ring substituents is 1. The minimum absolute atomic E-state index is 0.158. The number of hydrogen-bond donors (Lipinski definition) is 1. The molecule has 0 amide bonds. The number of nitrogens with zero attached hydrogens (tertiary/aromatic N) is 3. The number of aromatic nitrogens is 2. The van der Waals surface area contributed by atoms with Crippen molar-refractivity contribution in [3.63, 3.8) is 0 Å². The Kier molecular flexibility index (Phi) is 7.15. The number of benzene rings is 2. The lowest BCUT2D eigenvalue weighted by molar-refractivity contribution is -0.384. The molecule has 1 heterocycles. The maximum Gasteiger partial charge on any atom is 0.332 e. The van der Waals surface area contributed by atoms with Gasteiger partial charge in [0.1, 0.15) is 22.9 Å². The van der Waals surface area contributed by atoms with Crippen LogP contribution in [0.4, 0.5) is 11.5 Å². The highest BCUT2D eigenvalue weighted by Gasteiger charge is 2.22. The Labute approximate surface area is 194 Å². The molecule has 0 unspecified atom stereocenters. The number of nitrogens with two attached hydrogens (primary N) is 1. The van der Waals surface area contributed by atoms with Gasteiger partial charge >= 0.3 is 5.69 Å². The molecular formula is C23H24N4O7. The summed E-state index contributed by atoms with van der Waals surface area (Å²) in [6.07, 6.45) is 0.570. The topological polar surface area (TPSA) is 149 Å². The predicted molar refractivity (Wildman–Crippen MR) is 126 cm³/mol. The van der Waals surface area contributed by atoms with Crippen LogP contribution < -0.4 is 26.5 Å². The molecule has 0 bridgehead atoms. The molecule has 3 rings (SSSR count). The van der Waals surface area contributed by atoms with E-state index < -0.39 is 28.6 Å². The van der Waals surface area contributed by atoms with E-state index in [0.717, 1.165) is 4.57 Å². The van der Waals surface area contributed by atoms with Gasteiger partial charge in [0.15, 0.2) is 6.61 Å². The summed E-state index contributed by atoms with van der Waals surface area (Å²) in [5.74, 6) is -0.147. The molecule has 34 heavy (non-hydrogen) atoms. The van der Waals surface area contributed by atoms with E-state index in [1.54, 1.807) is 24.3 Å². The number of Topliss-reactive ketones (excluding diaryl/α,β-unsaturated/α-hetero) is 1. The Balaban J connectivity index is 1.98. The monoisotopic (exact) mass is 468 g/mol. The van der Waals surface area contributed by atoms with Crippen LogP contribution in [0.15, 0.2) is 52.1 Å². The van der Waals surface area contributed by atoms with Crippen molar-refractivity contribution >= 4 is 17.3 Å². The second kappa shape index (κ2) is 10.0. The smallest absolute Gasteiger partial charge is 0.332 e. The summed E-state index contributed by atoms with van der Waals surface area (Å²) in [7, 11) is 2.79. The number of carbonyl (C=O) groups is 1. The molecule has 0 saturated heterocycles. The quantitative estimate of drug-likeness (QED) is 0.286. The van der Waals surface area contributed by atoms with Gasteiger partial charge in [0.05, 0.1) is 12.0 Å². The average Bonchev–Trinajstić information content (AvgIpc) is 2.84. The van der Waals surface area contributed by atoms with E-state index in [0.29, 0.717) is 23.3 Å². The van der Waals surface area contributed by atoms with Gasteiger partial charge in [0.25, 0.3) is 11.2 Å². The minimum atomic E-state index is -0.817. The van der Waals surface area contributed by atoms with Crippen LogP contribution in [0.5, 0.6) is 11.5 Å². The van der Waals surface area contributed by atoms with E-state index >= 15 is 0 Å². The molecule has 2 N–H and O–H groups in total. The number of methoxy groups -OCH3 is 1. The van der Waals surface area contributed by atoms with Crippen molar-refractivity contribution in [2.75, 3.05) is 19.5 Å². The Bertz CT molecular complexity index is 1360. The van der Waals surface area contributed by atoms with E-state index in [9.17, 15) is 24.5 Å². The molecule has 11 nitrogen and oxygen atoms in total. The van der Waals surface area contributed by atoms with Crippen LogP contribution in [-0.4, -0.2) is 33.6 Å². The van der Waals surface area contributed by atoms with Crippen molar-refractivity contribution in [3.8, 4) is 22.6 Å². The van der Waals surface area contributed by atoms with E-state index in [2.05, 4.69) is 0 Å². The van der Waals surface area contributed by atoms with Gasteiger partial charge in [-0.05, 0) is 30.2 Å². The van der Waals surface area contributed by atoms with Crippen LogP contribution in [0.2, 0.25) is 0 Å². The first-order valence-electron chi connectivity index (χ1n) is 10.4. The molecule has 0 saturated carbocycles. The first-order valence-corrected chi connectivity index (χ1v) is 10.4. The van der Waals surface area contributed by atoms with E-state index in [1.807, 2.05) is 6.92 Å². The summed E-state index contributed by atoms with van der Waals surface area (Å²) in [4.78, 5) is 48.6. The normalized spacial score (nSPS) is 10.7. The number of nitro groups is 1. The zero-order valence-electron chi connectivity index (χ0n) is 18.9. The average molecular weight is 468 g/mol. The maximum atomic E-state index is 12.9. The van der Waals surface area contributed by atoms with E-state index in [4.69, 9.17) is 15.2 Å². The van der Waals surface area contributed by atoms with E-state index in [-0.39, 0.29) is 29.4 Å². The standard InChI is InChI=1S/C23H24N4O7/c1-4-11-26-21(24)20(22(29)25(2)23(26)30)18(28)13-34-19-10-7-15(27(31)32)12-17(19)14-5-8-16(33-3)9-6-14/h5-10,12H,4,11,13,24H2,1-3H3. The van der Waals surface area contributed by atoms with Gasteiger partial charge in [0, 0.05) is 31.3 Å². The molecule has 11 heteroatoms. The van der Waals surface area contributed by atoms with Gasteiger partial charge < -0.3 is 15.2 Å². The number of nitro benzene ring substituents is 1. The summed E-state index contributed by atoms with van der Waals surface area (Å²) >= 11 is 0. The summed E-state index contributed by atoms with van der Waals surface area (Å²) in [6.45, 7) is 1.51. The highest BCUT2D eigenvalue weighted by molar-refractivity contribution is 6.00. The maximum absolute atomic E-state index is 12.9. The van der Waals surface area contributed by atoms with Crippen LogP contribution >= 0.6 is 0 Å². The van der Waals surface area contributed by atoms with E-state index in [1.165, 1.54) is 36.9 Å². The number of rotatable bonds is 9. The third-order valence-electron chi connectivity index (χ3n) is 5.24. The van der Waals surface area contributed by atoms with Crippen LogP contribution in [0.1, 0.15) is 23.7 Å². The fourth-order valence-corrected chi connectivity index (χ4v) is 3.45. The number of carbonyl (C=O) groups excluding carboxylic acids is 1. The van der Waals surface area contributed by atoms with Crippen LogP contribution in [0.3, 0.4) is 0 Å². The zero-order valence-corrected chi connectivity index (χ0v) is 18.9. The van der Waals surface area contributed by atoms with Gasteiger partial charge in [-0.3, -0.25) is 28.8 Å². The van der Waals surface area contributed by atoms with Gasteiger partial charge in [-0.25, -0.2) is 4.79 Å². The van der Waals surface area contributed by atoms with Crippen LogP contribution in [0, 0.1) is 10.1 Å². The van der Waals surface area contributed by atoms with Crippen LogP contribution in [-0.2, 0) is 13.6 Å². The third-order valence-corrected chi connectivity index (χ3v) is 5.24. The van der Waals surface area contributed by atoms with Gasteiger partial charge in [-0.2, -0.15) is 0 Å². The molecule has 1 aromatic heterocycles. The number of ether oxygens (including phenoxy) is 2. The first-order chi connectivity index (χ1) is 16.2. The molecule has 178 valence electrons. The first kappa shape index (κ1) is 24.2. The molecule has 3 aromatic rings. The molecular weight excluding hydrogens is 444 g/mol. The SMILES string of the molecule is CCCn1c(N)c(C(=O)COc2ccc([N+](=O)[O-])cc2-c2ccc(OC)cc2)c(=O)n(C)c1=O.